The number of aldehydes is 1. The van der Waals surface area contributed by atoms with E-state index in [1.807, 2.05) is 25.1 Å². The van der Waals surface area contributed by atoms with Gasteiger partial charge in [-0.05, 0) is 54.3 Å². The van der Waals surface area contributed by atoms with Crippen molar-refractivity contribution in [3.63, 3.8) is 0 Å². The van der Waals surface area contributed by atoms with Crippen LogP contribution in [-0.4, -0.2) is 38.9 Å². The molecule has 0 saturated carbocycles. The molecule has 1 aliphatic heterocycles. The van der Waals surface area contributed by atoms with E-state index in [1.54, 1.807) is 23.5 Å². The van der Waals surface area contributed by atoms with E-state index in [1.165, 1.54) is 4.90 Å². The highest BCUT2D eigenvalue weighted by atomic mass is 35.5. The summed E-state index contributed by atoms with van der Waals surface area (Å²) < 4.78 is 6.04. The van der Waals surface area contributed by atoms with Crippen molar-refractivity contribution >= 4 is 46.4 Å². The predicted molar refractivity (Wildman–Crippen MR) is 148 cm³/mol. The summed E-state index contributed by atoms with van der Waals surface area (Å²) in [7, 11) is 0. The van der Waals surface area contributed by atoms with Gasteiger partial charge < -0.3 is 14.4 Å². The molecule has 6 rings (SSSR count). The van der Waals surface area contributed by atoms with Crippen LogP contribution in [0.4, 0.5) is 4.79 Å². The van der Waals surface area contributed by atoms with Gasteiger partial charge >= 0.3 is 6.09 Å². The summed E-state index contributed by atoms with van der Waals surface area (Å²) in [4.78, 5) is 34.6. The molecule has 0 radical (unpaired) electrons. The van der Waals surface area contributed by atoms with Crippen LogP contribution < -0.4 is 0 Å². The molecule has 0 spiro atoms. The zero-order chi connectivity index (χ0) is 26.6. The number of aromatic nitrogens is 2. The average molecular weight is 544 g/mol. The summed E-state index contributed by atoms with van der Waals surface area (Å²) in [5.74, 6) is 0.439. The molecule has 0 fully saturated rings. The smallest absolute Gasteiger partial charge is 0.407 e. The lowest BCUT2D eigenvalue weighted by Gasteiger charge is -2.22. The fourth-order valence-electron chi connectivity index (χ4n) is 4.99. The second-order valence-corrected chi connectivity index (χ2v) is 10.8. The van der Waals surface area contributed by atoms with Gasteiger partial charge in [0.2, 0.25) is 5.89 Å². The number of amides is 1. The Balaban J connectivity index is 1.41. The lowest BCUT2D eigenvalue weighted by atomic mass is 9.91. The van der Waals surface area contributed by atoms with Crippen LogP contribution in [0.15, 0.2) is 52.9 Å². The molecular formula is C29H22ClN3O4S. The van der Waals surface area contributed by atoms with Gasteiger partial charge in [-0.1, -0.05) is 41.9 Å². The second-order valence-electron chi connectivity index (χ2n) is 9.29. The third-order valence-corrected chi connectivity index (χ3v) is 8.42. The lowest BCUT2D eigenvalue weighted by molar-refractivity contribution is 0.112. The number of hydrogen-bond donors (Lipinski definition) is 1. The molecule has 0 saturated heterocycles. The number of oxazole rings is 1. The Labute approximate surface area is 227 Å². The zero-order valence-corrected chi connectivity index (χ0v) is 22.2. The molecule has 5 aromatic rings. The Morgan fingerprint density at radius 3 is 2.45 bits per heavy atom. The van der Waals surface area contributed by atoms with Gasteiger partial charge in [0.05, 0.1) is 17.3 Å². The molecule has 9 heteroatoms. The quantitative estimate of drug-likeness (QED) is 0.237. The van der Waals surface area contributed by atoms with Crippen LogP contribution in [0.25, 0.3) is 44.3 Å². The van der Waals surface area contributed by atoms with Gasteiger partial charge in [-0.25, -0.2) is 14.8 Å². The van der Waals surface area contributed by atoms with Crippen molar-refractivity contribution in [2.24, 2.45) is 0 Å². The second kappa shape index (κ2) is 9.38. The van der Waals surface area contributed by atoms with E-state index in [-0.39, 0.29) is 0 Å². The molecule has 38 heavy (non-hydrogen) atoms. The number of fused-ring (bicyclic) bond motifs is 2. The van der Waals surface area contributed by atoms with Crippen molar-refractivity contribution in [1.82, 2.24) is 14.9 Å². The summed E-state index contributed by atoms with van der Waals surface area (Å²) >= 11 is 7.90. The van der Waals surface area contributed by atoms with E-state index in [9.17, 15) is 14.7 Å². The summed E-state index contributed by atoms with van der Waals surface area (Å²) in [6.07, 6.45) is 0.466. The largest absolute Gasteiger partial charge is 0.465 e. The van der Waals surface area contributed by atoms with Crippen molar-refractivity contribution in [1.29, 1.82) is 0 Å². The Bertz CT molecular complexity index is 1760. The number of hydrogen-bond acceptors (Lipinski definition) is 6. The summed E-state index contributed by atoms with van der Waals surface area (Å²) in [5.41, 5.74) is 8.48. The monoisotopic (exact) mass is 543 g/mol. The standard InChI is InChI=1S/C29H22ClN3O4S/c1-15-18(5-3-7-20(15)27-31-24-12-17(14-34)11-22(30)26(24)37-27)19-6-4-8-21(16(19)2)28-32-23-9-10-33(29(35)36)13-25(23)38-28/h3-8,11-12,14H,9-10,13H2,1-2H3,(H,35,36). The SMILES string of the molecule is Cc1c(-c2nc3cc(C=O)cc(Cl)c3o2)cccc1-c1cccc(-c2nc3c(s2)CN(C(=O)O)CC3)c1C. The first-order valence-corrected chi connectivity index (χ1v) is 13.3. The summed E-state index contributed by atoms with van der Waals surface area (Å²) in [6.45, 7) is 4.96. The predicted octanol–water partition coefficient (Wildman–Crippen LogP) is 7.40. The molecule has 0 aliphatic carbocycles. The normalized spacial score (nSPS) is 13.1. The first-order chi connectivity index (χ1) is 18.3. The van der Waals surface area contributed by atoms with Crippen molar-refractivity contribution in [3.8, 4) is 33.2 Å². The number of carbonyl (C=O) groups is 2. The minimum Gasteiger partial charge on any atom is -0.465 e. The number of nitrogens with zero attached hydrogens (tertiary/aromatic N) is 3. The van der Waals surface area contributed by atoms with Crippen LogP contribution in [0.5, 0.6) is 0 Å². The molecule has 0 atom stereocenters. The van der Waals surface area contributed by atoms with Crippen LogP contribution in [0, 0.1) is 13.8 Å². The fraction of sp³-hybridized carbons (Fsp3) is 0.172. The minimum absolute atomic E-state index is 0.346. The maximum atomic E-state index is 11.4. The molecule has 0 unspecified atom stereocenters. The number of carboxylic acid groups (broad SMARTS) is 1. The van der Waals surface area contributed by atoms with Crippen LogP contribution in [0.3, 0.4) is 0 Å². The molecule has 2 aromatic heterocycles. The molecule has 3 heterocycles. The van der Waals surface area contributed by atoms with Gasteiger partial charge in [0.1, 0.15) is 16.8 Å². The summed E-state index contributed by atoms with van der Waals surface area (Å²) in [6, 6.07) is 15.4. The Morgan fingerprint density at radius 2 is 1.74 bits per heavy atom. The van der Waals surface area contributed by atoms with E-state index < -0.39 is 6.09 Å². The van der Waals surface area contributed by atoms with Crippen molar-refractivity contribution in [2.45, 2.75) is 26.8 Å². The molecule has 0 bridgehead atoms. The van der Waals surface area contributed by atoms with E-state index in [0.717, 1.165) is 55.2 Å². The minimum atomic E-state index is -0.899. The first kappa shape index (κ1) is 24.3. The summed E-state index contributed by atoms with van der Waals surface area (Å²) in [5, 5.41) is 10.6. The highest BCUT2D eigenvalue weighted by Gasteiger charge is 2.25. The number of rotatable bonds is 4. The third-order valence-electron chi connectivity index (χ3n) is 7.02. The van der Waals surface area contributed by atoms with Crippen molar-refractivity contribution in [2.75, 3.05) is 6.54 Å². The Hall–Kier alpha value is -4.01. The van der Waals surface area contributed by atoms with Crippen LogP contribution >= 0.6 is 22.9 Å². The van der Waals surface area contributed by atoms with Gasteiger partial charge in [-0.3, -0.25) is 4.79 Å². The van der Waals surface area contributed by atoms with E-state index in [4.69, 9.17) is 21.0 Å². The Morgan fingerprint density at radius 1 is 1.05 bits per heavy atom. The van der Waals surface area contributed by atoms with Gasteiger partial charge in [-0.15, -0.1) is 11.3 Å². The van der Waals surface area contributed by atoms with Gasteiger partial charge in [-0.2, -0.15) is 0 Å². The van der Waals surface area contributed by atoms with Crippen molar-refractivity contribution < 1.29 is 19.1 Å². The van der Waals surface area contributed by atoms with Crippen LogP contribution in [0.2, 0.25) is 5.02 Å². The fourth-order valence-corrected chi connectivity index (χ4v) is 6.46. The van der Waals surface area contributed by atoms with Crippen molar-refractivity contribution in [3.05, 3.63) is 80.8 Å². The lowest BCUT2D eigenvalue weighted by Crippen LogP contribution is -2.34. The number of carbonyl (C=O) groups excluding carboxylic acids is 1. The molecule has 1 N–H and O–H groups in total. The molecular weight excluding hydrogens is 522 g/mol. The zero-order valence-electron chi connectivity index (χ0n) is 20.6. The van der Waals surface area contributed by atoms with Gasteiger partial charge in [0.15, 0.2) is 5.58 Å². The van der Waals surface area contributed by atoms with Crippen LogP contribution in [0.1, 0.15) is 32.1 Å². The highest BCUT2D eigenvalue weighted by Crippen LogP contribution is 2.40. The van der Waals surface area contributed by atoms with E-state index in [0.29, 0.717) is 47.1 Å². The van der Waals surface area contributed by atoms with E-state index >= 15 is 0 Å². The van der Waals surface area contributed by atoms with Gasteiger partial charge in [0, 0.05) is 34.5 Å². The van der Waals surface area contributed by atoms with Crippen LogP contribution in [-0.2, 0) is 13.0 Å². The Kier molecular flexibility index (Phi) is 6.01. The first-order valence-electron chi connectivity index (χ1n) is 12.1. The topological polar surface area (TPSA) is 96.5 Å². The molecule has 7 nitrogen and oxygen atoms in total. The van der Waals surface area contributed by atoms with E-state index in [2.05, 4.69) is 30.1 Å². The third kappa shape index (κ3) is 4.06. The molecule has 1 amide bonds. The number of benzene rings is 3. The molecule has 190 valence electrons. The maximum Gasteiger partial charge on any atom is 0.407 e. The number of thiazole rings is 1. The average Bonchev–Trinajstić information content (AvgIpc) is 3.53. The highest BCUT2D eigenvalue weighted by molar-refractivity contribution is 7.15. The van der Waals surface area contributed by atoms with Gasteiger partial charge in [0.25, 0.3) is 0 Å². The molecule has 1 aliphatic rings. The maximum absolute atomic E-state index is 11.4. The molecule has 3 aromatic carbocycles. The number of halogens is 1.